The Bertz CT molecular complexity index is 926. The number of halogens is 2. The zero-order valence-electron chi connectivity index (χ0n) is 11.0. The fraction of sp³-hybridized carbons (Fsp3) is 0.214. The molecule has 0 spiro atoms. The van der Waals surface area contributed by atoms with Crippen LogP contribution in [0, 0.1) is 0 Å². The number of phenols is 2. The Balaban J connectivity index is 2.53. The molecule has 110 valence electrons. The lowest BCUT2D eigenvalue weighted by Crippen LogP contribution is -2.13. The Hall–Kier alpha value is -1.85. The Morgan fingerprint density at radius 2 is 2.00 bits per heavy atom. The van der Waals surface area contributed by atoms with Crippen molar-refractivity contribution >= 4 is 39.9 Å². The summed E-state index contributed by atoms with van der Waals surface area (Å²) in [5.74, 6) is -0.401. The molecule has 0 atom stereocenters. The summed E-state index contributed by atoms with van der Waals surface area (Å²) in [5.41, 5.74) is -0.0123. The average Bonchev–Trinajstić information content (AvgIpc) is 2.70. The molecule has 5 nitrogen and oxygen atoms in total. The number of benzene rings is 1. The standard InChI is InChI=1S/C14H11Cl2NO4/c1-2-3-6-8(18)5-9-11(12(6)19)14(20)17-10(21-9)4-7(15)13(17)16/h4-5,18-19H,2-3H2,1H3. The van der Waals surface area contributed by atoms with Gasteiger partial charge < -0.3 is 14.6 Å². The third kappa shape index (κ3) is 1.96. The van der Waals surface area contributed by atoms with Crippen LogP contribution in [-0.4, -0.2) is 14.6 Å². The van der Waals surface area contributed by atoms with E-state index in [0.29, 0.717) is 18.4 Å². The predicted molar refractivity (Wildman–Crippen MR) is 80.8 cm³/mol. The minimum atomic E-state index is -0.544. The van der Waals surface area contributed by atoms with Gasteiger partial charge in [-0.3, -0.25) is 4.79 Å². The molecule has 0 radical (unpaired) electrons. The molecule has 3 rings (SSSR count). The first kappa shape index (κ1) is 14.1. The summed E-state index contributed by atoms with van der Waals surface area (Å²) >= 11 is 11.9. The van der Waals surface area contributed by atoms with Crippen molar-refractivity contribution in [2.45, 2.75) is 19.8 Å². The normalized spacial score (nSPS) is 11.6. The zero-order valence-corrected chi connectivity index (χ0v) is 12.5. The van der Waals surface area contributed by atoms with Crippen molar-refractivity contribution in [3.8, 4) is 11.5 Å². The molecule has 2 heterocycles. The van der Waals surface area contributed by atoms with Crippen LogP contribution in [0.2, 0.25) is 10.2 Å². The molecule has 3 aromatic rings. The summed E-state index contributed by atoms with van der Waals surface area (Å²) in [7, 11) is 0. The molecule has 7 heteroatoms. The summed E-state index contributed by atoms with van der Waals surface area (Å²) in [5, 5.41) is 20.4. The van der Waals surface area contributed by atoms with Gasteiger partial charge >= 0.3 is 0 Å². The number of aromatic hydroxyl groups is 2. The van der Waals surface area contributed by atoms with E-state index >= 15 is 0 Å². The first-order chi connectivity index (χ1) is 9.95. The fourth-order valence-corrected chi connectivity index (χ4v) is 2.77. The number of aromatic nitrogens is 1. The van der Waals surface area contributed by atoms with E-state index in [1.54, 1.807) is 0 Å². The SMILES string of the molecule is CCCc1c(O)cc2oc3cc(Cl)c(Cl)n3c(=O)c2c1O. The molecule has 21 heavy (non-hydrogen) atoms. The number of nitrogens with zero attached hydrogens (tertiary/aromatic N) is 1. The van der Waals surface area contributed by atoms with E-state index in [2.05, 4.69) is 0 Å². The number of phenolic OH excluding ortho intramolecular Hbond substituents is 2. The first-order valence-corrected chi connectivity index (χ1v) is 7.08. The van der Waals surface area contributed by atoms with Crippen molar-refractivity contribution in [3.63, 3.8) is 0 Å². The Morgan fingerprint density at radius 1 is 1.29 bits per heavy atom. The van der Waals surface area contributed by atoms with Crippen LogP contribution < -0.4 is 5.56 Å². The third-order valence-corrected chi connectivity index (χ3v) is 4.10. The van der Waals surface area contributed by atoms with Crippen LogP contribution in [-0.2, 0) is 6.42 Å². The Morgan fingerprint density at radius 3 is 2.67 bits per heavy atom. The molecular formula is C14H11Cl2NO4. The molecule has 0 amide bonds. The molecule has 0 fully saturated rings. The summed E-state index contributed by atoms with van der Waals surface area (Å²) in [6.07, 6.45) is 1.14. The third-order valence-electron chi connectivity index (χ3n) is 3.34. The van der Waals surface area contributed by atoms with Gasteiger partial charge in [0.25, 0.3) is 5.56 Å². The van der Waals surface area contributed by atoms with E-state index in [1.807, 2.05) is 6.92 Å². The van der Waals surface area contributed by atoms with Gasteiger partial charge in [-0.25, -0.2) is 4.40 Å². The van der Waals surface area contributed by atoms with Gasteiger partial charge in [0.15, 0.2) is 0 Å². The lowest BCUT2D eigenvalue weighted by Gasteiger charge is -2.09. The van der Waals surface area contributed by atoms with Gasteiger partial charge in [0.05, 0.1) is 5.02 Å². The molecule has 0 bridgehead atoms. The molecule has 0 aliphatic heterocycles. The monoisotopic (exact) mass is 327 g/mol. The maximum absolute atomic E-state index is 12.5. The second kappa shape index (κ2) is 4.86. The van der Waals surface area contributed by atoms with Crippen molar-refractivity contribution in [2.24, 2.45) is 0 Å². The van der Waals surface area contributed by atoms with E-state index in [9.17, 15) is 15.0 Å². The lowest BCUT2D eigenvalue weighted by molar-refractivity contribution is 0.439. The fourth-order valence-electron chi connectivity index (χ4n) is 2.38. The highest BCUT2D eigenvalue weighted by atomic mass is 35.5. The van der Waals surface area contributed by atoms with Crippen LogP contribution in [0.25, 0.3) is 16.7 Å². The van der Waals surface area contributed by atoms with Crippen molar-refractivity contribution in [1.82, 2.24) is 4.40 Å². The molecule has 0 saturated heterocycles. The molecule has 0 saturated carbocycles. The summed E-state index contributed by atoms with van der Waals surface area (Å²) in [6, 6.07) is 2.72. The van der Waals surface area contributed by atoms with E-state index < -0.39 is 5.56 Å². The Labute approximate surface area is 128 Å². The van der Waals surface area contributed by atoms with Gasteiger partial charge in [-0.05, 0) is 6.42 Å². The molecule has 0 unspecified atom stereocenters. The summed E-state index contributed by atoms with van der Waals surface area (Å²) < 4.78 is 6.58. The molecule has 1 aromatic carbocycles. The summed E-state index contributed by atoms with van der Waals surface area (Å²) in [6.45, 7) is 1.90. The minimum absolute atomic E-state index is 0.0202. The Kier molecular flexibility index (Phi) is 3.26. The van der Waals surface area contributed by atoms with Gasteiger partial charge in [-0.1, -0.05) is 36.5 Å². The van der Waals surface area contributed by atoms with E-state index in [4.69, 9.17) is 27.6 Å². The van der Waals surface area contributed by atoms with Gasteiger partial charge in [0.1, 0.15) is 27.6 Å². The number of rotatable bonds is 2. The van der Waals surface area contributed by atoms with Crippen LogP contribution >= 0.6 is 23.2 Å². The highest BCUT2D eigenvalue weighted by molar-refractivity contribution is 6.42. The van der Waals surface area contributed by atoms with Crippen LogP contribution in [0.15, 0.2) is 21.3 Å². The van der Waals surface area contributed by atoms with Gasteiger partial charge in [0.2, 0.25) is 5.71 Å². The highest BCUT2D eigenvalue weighted by Gasteiger charge is 2.20. The van der Waals surface area contributed by atoms with Crippen molar-refractivity contribution in [1.29, 1.82) is 0 Å². The van der Waals surface area contributed by atoms with Crippen molar-refractivity contribution in [3.05, 3.63) is 38.2 Å². The maximum Gasteiger partial charge on any atom is 0.273 e. The highest BCUT2D eigenvalue weighted by Crippen LogP contribution is 2.36. The number of hydrogen-bond donors (Lipinski definition) is 2. The van der Waals surface area contributed by atoms with E-state index in [-0.39, 0.29) is 38.4 Å². The van der Waals surface area contributed by atoms with Gasteiger partial charge in [0, 0.05) is 17.7 Å². The van der Waals surface area contributed by atoms with E-state index in [0.717, 1.165) is 4.40 Å². The molecule has 0 aliphatic carbocycles. The molecular weight excluding hydrogens is 317 g/mol. The van der Waals surface area contributed by atoms with Crippen LogP contribution in [0.3, 0.4) is 0 Å². The average molecular weight is 328 g/mol. The minimum Gasteiger partial charge on any atom is -0.507 e. The first-order valence-electron chi connectivity index (χ1n) is 6.32. The van der Waals surface area contributed by atoms with Crippen LogP contribution in [0.5, 0.6) is 11.5 Å². The maximum atomic E-state index is 12.5. The predicted octanol–water partition coefficient (Wildman–Crippen LogP) is 3.72. The molecule has 2 N–H and O–H groups in total. The molecule has 0 aliphatic rings. The van der Waals surface area contributed by atoms with Crippen molar-refractivity contribution < 1.29 is 14.6 Å². The molecule has 2 aromatic heterocycles. The second-order valence-corrected chi connectivity index (χ2v) is 5.48. The van der Waals surface area contributed by atoms with Gasteiger partial charge in [-0.2, -0.15) is 0 Å². The van der Waals surface area contributed by atoms with Crippen molar-refractivity contribution in [2.75, 3.05) is 0 Å². The number of fused-ring (bicyclic) bond motifs is 2. The van der Waals surface area contributed by atoms with E-state index in [1.165, 1.54) is 12.1 Å². The second-order valence-electron chi connectivity index (χ2n) is 4.71. The lowest BCUT2D eigenvalue weighted by atomic mass is 10.0. The van der Waals surface area contributed by atoms with Crippen LogP contribution in [0.4, 0.5) is 0 Å². The quantitative estimate of drug-likeness (QED) is 0.752. The topological polar surface area (TPSA) is 75.1 Å². The zero-order chi connectivity index (χ0) is 15.3. The largest absolute Gasteiger partial charge is 0.507 e. The van der Waals surface area contributed by atoms with Crippen LogP contribution in [0.1, 0.15) is 18.9 Å². The van der Waals surface area contributed by atoms with Gasteiger partial charge in [-0.15, -0.1) is 0 Å². The summed E-state index contributed by atoms with van der Waals surface area (Å²) in [4.78, 5) is 12.5. The number of hydrogen-bond acceptors (Lipinski definition) is 4. The smallest absolute Gasteiger partial charge is 0.273 e.